The highest BCUT2D eigenvalue weighted by Crippen LogP contribution is 2.52. The van der Waals surface area contributed by atoms with Crippen molar-refractivity contribution in [1.82, 2.24) is 9.47 Å². The van der Waals surface area contributed by atoms with Crippen LogP contribution in [0.3, 0.4) is 0 Å². The molecule has 7 nitrogen and oxygen atoms in total. The number of thioether (sulfide) groups is 1. The second-order valence-corrected chi connectivity index (χ2v) is 17.6. The molecule has 290 valence electrons. The van der Waals surface area contributed by atoms with E-state index in [1.54, 1.807) is 4.90 Å². The van der Waals surface area contributed by atoms with Gasteiger partial charge in [-0.3, -0.25) is 23.9 Å². The predicted molar refractivity (Wildman–Crippen MR) is 238 cm³/mol. The van der Waals surface area contributed by atoms with Gasteiger partial charge in [-0.15, -0.1) is 11.3 Å². The van der Waals surface area contributed by atoms with E-state index in [0.717, 1.165) is 79.9 Å². The Hall–Kier alpha value is -5.03. The molecule has 1 amide bonds. The van der Waals surface area contributed by atoms with Crippen molar-refractivity contribution in [2.75, 3.05) is 11.4 Å². The lowest BCUT2D eigenvalue weighted by Gasteiger charge is -2.27. The summed E-state index contributed by atoms with van der Waals surface area (Å²) in [6.07, 6.45) is 12.7. The van der Waals surface area contributed by atoms with E-state index in [1.807, 2.05) is 24.3 Å². The summed E-state index contributed by atoms with van der Waals surface area (Å²) in [5, 5.41) is 9.76. The number of thiazole rings is 1. The number of aliphatic carboxylic acids is 1. The van der Waals surface area contributed by atoms with Crippen molar-refractivity contribution in [3.05, 3.63) is 150 Å². The lowest BCUT2D eigenvalue weighted by molar-refractivity contribution is -0.137. The normalized spacial score (nSPS) is 18.6. The van der Waals surface area contributed by atoms with E-state index in [-0.39, 0.29) is 5.91 Å². The van der Waals surface area contributed by atoms with Gasteiger partial charge in [0.2, 0.25) is 0 Å². The number of benzene rings is 4. The van der Waals surface area contributed by atoms with Crippen LogP contribution in [0.4, 0.5) is 11.4 Å². The van der Waals surface area contributed by atoms with Gasteiger partial charge in [0.25, 0.3) is 11.5 Å². The van der Waals surface area contributed by atoms with E-state index in [4.69, 9.17) is 12.2 Å². The first-order valence-electron chi connectivity index (χ1n) is 19.9. The minimum Gasteiger partial charge on any atom is -0.480 e. The lowest BCUT2D eigenvalue weighted by atomic mass is 9.95. The summed E-state index contributed by atoms with van der Waals surface area (Å²) in [6.45, 7) is 2.15. The Balaban J connectivity index is 1.10. The Morgan fingerprint density at radius 3 is 2.23 bits per heavy atom. The molecule has 1 N–H and O–H groups in total. The fourth-order valence-corrected chi connectivity index (χ4v) is 11.0. The van der Waals surface area contributed by atoms with E-state index in [1.165, 1.54) is 43.9 Å². The molecular weight excluding hydrogens is 767 g/mol. The Labute approximate surface area is 346 Å². The van der Waals surface area contributed by atoms with Crippen LogP contribution in [-0.4, -0.2) is 43.4 Å². The van der Waals surface area contributed by atoms with Crippen LogP contribution in [0.15, 0.2) is 108 Å². The van der Waals surface area contributed by atoms with Gasteiger partial charge in [-0.25, -0.2) is 0 Å². The van der Waals surface area contributed by atoms with Crippen molar-refractivity contribution in [1.29, 1.82) is 0 Å². The molecule has 57 heavy (non-hydrogen) atoms. The molecule has 1 saturated heterocycles. The molecule has 0 radical (unpaired) electrons. The number of amides is 1. The van der Waals surface area contributed by atoms with Crippen molar-refractivity contribution >= 4 is 85.5 Å². The Kier molecular flexibility index (Phi) is 11.7. The zero-order valence-electron chi connectivity index (χ0n) is 31.9. The lowest BCUT2D eigenvalue weighted by Crippen LogP contribution is -2.35. The fourth-order valence-electron chi connectivity index (χ4n) is 8.48. The summed E-state index contributed by atoms with van der Waals surface area (Å²) in [5.41, 5.74) is 8.72. The van der Waals surface area contributed by atoms with Gasteiger partial charge in [0.1, 0.15) is 20.4 Å². The van der Waals surface area contributed by atoms with Crippen LogP contribution in [0, 0.1) is 0 Å². The van der Waals surface area contributed by atoms with E-state index in [9.17, 15) is 19.5 Å². The molecule has 5 aromatic rings. The van der Waals surface area contributed by atoms with Crippen LogP contribution in [0.1, 0.15) is 92.0 Å². The molecule has 0 spiro atoms. The highest BCUT2D eigenvalue weighted by Gasteiger charge is 2.42. The number of carbonyl (C=O) groups is 2. The van der Waals surface area contributed by atoms with E-state index >= 15 is 0 Å². The van der Waals surface area contributed by atoms with Gasteiger partial charge in [-0.1, -0.05) is 142 Å². The van der Waals surface area contributed by atoms with Gasteiger partial charge < -0.3 is 10.0 Å². The quantitative estimate of drug-likeness (QED) is 0.0722. The number of carbonyl (C=O) groups excluding carboxylic acids is 1. The molecule has 1 aromatic heterocycles. The summed E-state index contributed by atoms with van der Waals surface area (Å²) in [6, 6.07) is 36.6. The standard InChI is InChI=1S/C47H45N3O4S3/c1-2-3-4-5-12-26-48-45(54)43(57-47(48)55)46-49(30-42(51)52)44(53)41(56-46)29-32-22-25-40-38(28-32)36-18-13-19-39(36)50(40)35-23-20-31(21-24-35)27-37(33-14-8-6-9-15-33)34-16-10-7-11-17-34/h6-11,14-17,20-25,27-29,36,39H,2-5,12-13,18-19,26,30H2,1H3,(H,51,52)/b41-29-,46-43+. The number of thiocarbonyl (C=S) groups is 1. The van der Waals surface area contributed by atoms with Crippen LogP contribution >= 0.6 is 35.3 Å². The molecule has 2 aliphatic heterocycles. The zero-order valence-corrected chi connectivity index (χ0v) is 34.4. The maximum Gasteiger partial charge on any atom is 0.323 e. The summed E-state index contributed by atoms with van der Waals surface area (Å²) >= 11 is 7.92. The van der Waals surface area contributed by atoms with E-state index < -0.39 is 18.1 Å². The third-order valence-corrected chi connectivity index (χ3v) is 13.9. The molecule has 1 aliphatic carbocycles. The minimum absolute atomic E-state index is 0.255. The number of carboxylic acid groups (broad SMARTS) is 1. The number of hydrogen-bond acceptors (Lipinski definition) is 7. The van der Waals surface area contributed by atoms with Gasteiger partial charge in [0, 0.05) is 29.9 Å². The number of rotatable bonds is 13. The Bertz CT molecular complexity index is 2480. The molecule has 2 fully saturated rings. The number of unbranched alkanes of at least 4 members (excludes halogenated alkanes) is 4. The first-order chi connectivity index (χ1) is 27.8. The van der Waals surface area contributed by atoms with E-state index in [2.05, 4.69) is 103 Å². The van der Waals surface area contributed by atoms with Crippen LogP contribution in [-0.2, 0) is 16.1 Å². The number of carboxylic acids is 1. The monoisotopic (exact) mass is 811 g/mol. The molecule has 4 aromatic carbocycles. The minimum atomic E-state index is -1.14. The molecule has 3 aliphatic rings. The topological polar surface area (TPSA) is 82.9 Å². The number of fused-ring (bicyclic) bond motifs is 3. The van der Waals surface area contributed by atoms with Crippen molar-refractivity contribution in [2.45, 2.75) is 76.8 Å². The largest absolute Gasteiger partial charge is 0.480 e. The fraction of sp³-hybridized carbons (Fsp3) is 0.277. The van der Waals surface area contributed by atoms with E-state index in [0.29, 0.717) is 36.9 Å². The molecule has 0 bridgehead atoms. The number of aromatic nitrogens is 1. The summed E-state index contributed by atoms with van der Waals surface area (Å²) in [5.74, 6) is -1.03. The smallest absolute Gasteiger partial charge is 0.323 e. The highest BCUT2D eigenvalue weighted by atomic mass is 32.2. The molecule has 3 heterocycles. The maximum atomic E-state index is 13.8. The average molecular weight is 812 g/mol. The number of hydrogen-bond donors (Lipinski definition) is 1. The van der Waals surface area contributed by atoms with Gasteiger partial charge in [-0.2, -0.15) is 0 Å². The highest BCUT2D eigenvalue weighted by molar-refractivity contribution is 8.30. The second-order valence-electron chi connectivity index (χ2n) is 14.9. The molecule has 8 rings (SSSR count). The van der Waals surface area contributed by atoms with Crippen LogP contribution in [0.5, 0.6) is 0 Å². The first-order valence-corrected chi connectivity index (χ1v) is 21.9. The maximum absolute atomic E-state index is 13.8. The summed E-state index contributed by atoms with van der Waals surface area (Å²) in [4.78, 5) is 43.8. The Morgan fingerprint density at radius 1 is 0.860 bits per heavy atom. The summed E-state index contributed by atoms with van der Waals surface area (Å²) in [7, 11) is 0. The molecule has 2 atom stereocenters. The zero-order chi connectivity index (χ0) is 39.5. The van der Waals surface area contributed by atoms with Gasteiger partial charge in [0.15, 0.2) is 0 Å². The van der Waals surface area contributed by atoms with Gasteiger partial charge >= 0.3 is 5.97 Å². The van der Waals surface area contributed by atoms with Crippen LogP contribution in [0.2, 0.25) is 0 Å². The van der Waals surface area contributed by atoms with Crippen molar-refractivity contribution in [3.63, 3.8) is 0 Å². The molecular formula is C47H45N3O4S3. The molecule has 10 heteroatoms. The number of anilines is 2. The van der Waals surface area contributed by atoms with Crippen molar-refractivity contribution in [3.8, 4) is 0 Å². The van der Waals surface area contributed by atoms with Crippen molar-refractivity contribution < 1.29 is 14.7 Å². The molecule has 2 unspecified atom stereocenters. The third kappa shape index (κ3) is 8.08. The molecule has 1 saturated carbocycles. The third-order valence-electron chi connectivity index (χ3n) is 11.2. The first kappa shape index (κ1) is 38.8. The Morgan fingerprint density at radius 2 is 1.54 bits per heavy atom. The number of nitrogens with zero attached hydrogens (tertiary/aromatic N) is 3. The van der Waals surface area contributed by atoms with Gasteiger partial charge in [0.05, 0.1) is 4.53 Å². The van der Waals surface area contributed by atoms with Crippen LogP contribution < -0.4 is 19.7 Å². The van der Waals surface area contributed by atoms with Gasteiger partial charge in [-0.05, 0) is 89.1 Å². The van der Waals surface area contributed by atoms with Crippen molar-refractivity contribution in [2.24, 2.45) is 0 Å². The predicted octanol–water partition coefficient (Wildman–Crippen LogP) is 9.14. The SMILES string of the molecule is CCCCCCCN1C(=O)/C(=c2\s/c(=C\c3ccc4c(c3)C3CCCC3N4c3ccc(C=C(c4ccccc4)c4ccccc4)cc3)c(=O)n2CC(=O)O)SC1=S. The summed E-state index contributed by atoms with van der Waals surface area (Å²) < 4.78 is 2.41. The average Bonchev–Trinajstić information content (AvgIpc) is 3.97. The van der Waals surface area contributed by atoms with Crippen LogP contribution in [0.25, 0.3) is 22.6 Å². The second kappa shape index (κ2) is 17.2.